The SMILES string of the molecule is C[C@H]1CC(=O)[C@@](C)(CCC(=O)Nc2c(O)ccc(C(=O)O)c2O)[C@@H]2[C@@H]3C[C@@H]4C[C@@]21C[C@]4(C)O3. The van der Waals surface area contributed by atoms with E-state index in [9.17, 15) is 29.7 Å². The van der Waals surface area contributed by atoms with E-state index in [1.165, 1.54) is 0 Å². The van der Waals surface area contributed by atoms with E-state index in [1.807, 2.05) is 6.92 Å². The van der Waals surface area contributed by atoms with Crippen LogP contribution in [0.1, 0.15) is 69.7 Å². The number of carboxylic acids is 1. The lowest BCUT2D eigenvalue weighted by molar-refractivity contribution is -0.204. The average molecular weight is 458 g/mol. The number of ketones is 1. The van der Waals surface area contributed by atoms with Crippen molar-refractivity contribution in [3.05, 3.63) is 17.7 Å². The van der Waals surface area contributed by atoms with Gasteiger partial charge in [0.15, 0.2) is 5.75 Å². The topological polar surface area (TPSA) is 133 Å². The number of carbonyl (C=O) groups excluding carboxylic acids is 2. The minimum Gasteiger partial charge on any atom is -0.506 e. The van der Waals surface area contributed by atoms with Crippen LogP contribution in [0.5, 0.6) is 11.5 Å². The smallest absolute Gasteiger partial charge is 0.339 e. The molecule has 5 aliphatic rings. The summed E-state index contributed by atoms with van der Waals surface area (Å²) in [5.74, 6) is -1.93. The quantitative estimate of drug-likeness (QED) is 0.495. The van der Waals surface area contributed by atoms with Crippen molar-refractivity contribution in [3.8, 4) is 11.5 Å². The minimum absolute atomic E-state index is 0.00674. The van der Waals surface area contributed by atoms with Gasteiger partial charge < -0.3 is 25.4 Å². The number of benzene rings is 1. The van der Waals surface area contributed by atoms with Gasteiger partial charge in [0.2, 0.25) is 5.91 Å². The number of nitrogens with one attached hydrogen (secondary N) is 1. The van der Waals surface area contributed by atoms with E-state index < -0.39 is 34.4 Å². The Labute approximate surface area is 192 Å². The molecule has 0 radical (unpaired) electrons. The first-order valence-electron chi connectivity index (χ1n) is 11.7. The van der Waals surface area contributed by atoms with Crippen molar-refractivity contribution in [2.75, 3.05) is 5.32 Å². The van der Waals surface area contributed by atoms with Crippen molar-refractivity contribution in [1.29, 1.82) is 0 Å². The van der Waals surface area contributed by atoms with Gasteiger partial charge in [0.1, 0.15) is 22.8 Å². The zero-order chi connectivity index (χ0) is 23.9. The monoisotopic (exact) mass is 457 g/mol. The highest BCUT2D eigenvalue weighted by molar-refractivity contribution is 5.99. The average Bonchev–Trinajstić information content (AvgIpc) is 3.10. The number of aromatic carboxylic acids is 1. The first kappa shape index (κ1) is 22.2. The zero-order valence-electron chi connectivity index (χ0n) is 19.2. The number of anilines is 1. The van der Waals surface area contributed by atoms with Crippen LogP contribution in [0.2, 0.25) is 0 Å². The molecule has 5 fully saturated rings. The van der Waals surface area contributed by atoms with E-state index in [1.54, 1.807) is 0 Å². The van der Waals surface area contributed by atoms with E-state index in [0.717, 1.165) is 31.4 Å². The molecule has 8 heteroatoms. The molecule has 1 spiro atoms. The maximum Gasteiger partial charge on any atom is 0.339 e. The lowest BCUT2D eigenvalue weighted by atomic mass is 9.45. The number of carboxylic acid groups (broad SMARTS) is 1. The molecular weight excluding hydrogens is 426 g/mol. The summed E-state index contributed by atoms with van der Waals surface area (Å²) in [6, 6.07) is 2.18. The first-order valence-corrected chi connectivity index (χ1v) is 11.7. The highest BCUT2D eigenvalue weighted by Gasteiger charge is 2.74. The van der Waals surface area contributed by atoms with Crippen LogP contribution < -0.4 is 5.32 Å². The van der Waals surface area contributed by atoms with Gasteiger partial charge >= 0.3 is 5.97 Å². The van der Waals surface area contributed by atoms with Crippen molar-refractivity contribution in [2.45, 2.75) is 71.0 Å². The molecule has 3 aliphatic carbocycles. The molecule has 7 atom stereocenters. The van der Waals surface area contributed by atoms with Crippen LogP contribution in [0.4, 0.5) is 5.69 Å². The van der Waals surface area contributed by atoms with Crippen LogP contribution in [-0.4, -0.2) is 44.7 Å². The maximum atomic E-state index is 13.4. The Balaban J connectivity index is 1.37. The number of ether oxygens (including phenoxy) is 1. The minimum atomic E-state index is -1.37. The summed E-state index contributed by atoms with van der Waals surface area (Å²) in [6.45, 7) is 6.37. The molecule has 1 aromatic rings. The summed E-state index contributed by atoms with van der Waals surface area (Å²) in [5.41, 5.74) is -1.49. The molecule has 2 aliphatic heterocycles. The number of rotatable bonds is 5. The van der Waals surface area contributed by atoms with Crippen LogP contribution in [0.25, 0.3) is 0 Å². The van der Waals surface area contributed by atoms with E-state index in [0.29, 0.717) is 24.7 Å². The van der Waals surface area contributed by atoms with Crippen LogP contribution in [0.3, 0.4) is 0 Å². The van der Waals surface area contributed by atoms with Crippen LogP contribution in [0, 0.1) is 28.6 Å². The third-order valence-corrected chi connectivity index (χ3v) is 9.42. The lowest BCUT2D eigenvalue weighted by Gasteiger charge is -2.60. The highest BCUT2D eigenvalue weighted by atomic mass is 16.5. The van der Waals surface area contributed by atoms with E-state index in [2.05, 4.69) is 19.2 Å². The van der Waals surface area contributed by atoms with Gasteiger partial charge in [-0.1, -0.05) is 13.8 Å². The van der Waals surface area contributed by atoms with Crippen molar-refractivity contribution >= 4 is 23.3 Å². The molecule has 1 aromatic carbocycles. The summed E-state index contributed by atoms with van der Waals surface area (Å²) in [5, 5.41) is 31.8. The molecule has 2 heterocycles. The third kappa shape index (κ3) is 2.95. The van der Waals surface area contributed by atoms with Crippen molar-refractivity contribution < 1.29 is 34.4 Å². The van der Waals surface area contributed by atoms with Crippen LogP contribution in [0.15, 0.2) is 12.1 Å². The summed E-state index contributed by atoms with van der Waals surface area (Å²) in [4.78, 5) is 37.4. The van der Waals surface area contributed by atoms with Gasteiger partial charge in [-0.2, -0.15) is 0 Å². The largest absolute Gasteiger partial charge is 0.506 e. The predicted molar refractivity (Wildman–Crippen MR) is 118 cm³/mol. The van der Waals surface area contributed by atoms with Gasteiger partial charge in [0, 0.05) is 24.2 Å². The fourth-order valence-electron chi connectivity index (χ4n) is 7.86. The molecule has 3 saturated carbocycles. The van der Waals surface area contributed by atoms with Crippen LogP contribution >= 0.6 is 0 Å². The van der Waals surface area contributed by atoms with Crippen molar-refractivity contribution in [2.24, 2.45) is 28.6 Å². The number of hydrogen-bond acceptors (Lipinski definition) is 6. The van der Waals surface area contributed by atoms with Crippen molar-refractivity contribution in [3.63, 3.8) is 0 Å². The second kappa shape index (κ2) is 6.95. The molecule has 4 N–H and O–H groups in total. The first-order chi connectivity index (χ1) is 15.4. The highest BCUT2D eigenvalue weighted by Crippen LogP contribution is 2.74. The fraction of sp³-hybridized carbons (Fsp3) is 0.640. The molecular formula is C25H31NO7. The van der Waals surface area contributed by atoms with Gasteiger partial charge in [0.25, 0.3) is 0 Å². The number of aromatic hydroxyl groups is 2. The van der Waals surface area contributed by atoms with E-state index in [-0.39, 0.29) is 40.9 Å². The van der Waals surface area contributed by atoms with E-state index in [4.69, 9.17) is 4.74 Å². The van der Waals surface area contributed by atoms with Gasteiger partial charge in [-0.3, -0.25) is 9.59 Å². The van der Waals surface area contributed by atoms with Gasteiger partial charge in [-0.15, -0.1) is 0 Å². The molecule has 1 amide bonds. The maximum absolute atomic E-state index is 13.4. The molecule has 0 aromatic heterocycles. The zero-order valence-corrected chi connectivity index (χ0v) is 19.2. The standard InChI is InChI=1S/C25H31NO7/c1-12-8-17(28)23(2,21-16-9-13-10-25(12,21)11-24(13,3)33-16)7-6-18(29)26-19-15(27)5-4-14(20(19)30)22(31)32/h4-5,12-13,16,21,27,30H,6-11H2,1-3H3,(H,26,29)(H,31,32)/t12-,13+,16-,21-,23+,24-,25-/m0/s1. The number of hydrogen-bond donors (Lipinski definition) is 4. The molecule has 6 rings (SSSR count). The molecule has 2 saturated heterocycles. The van der Waals surface area contributed by atoms with Crippen molar-refractivity contribution in [1.82, 2.24) is 0 Å². The number of Topliss-reactive ketones (excluding diaryl/α,β-unsaturated/α-hetero) is 1. The van der Waals surface area contributed by atoms with E-state index >= 15 is 0 Å². The number of carbonyl (C=O) groups is 3. The molecule has 178 valence electrons. The second-order valence-electron chi connectivity index (χ2n) is 11.1. The normalized spacial score (nSPS) is 40.6. The van der Waals surface area contributed by atoms with Gasteiger partial charge in [-0.25, -0.2) is 4.79 Å². The molecule has 33 heavy (non-hydrogen) atoms. The Kier molecular flexibility index (Phi) is 4.67. The predicted octanol–water partition coefficient (Wildman–Crippen LogP) is 3.70. The Morgan fingerprint density at radius 3 is 2.64 bits per heavy atom. The number of phenols is 2. The fourth-order valence-corrected chi connectivity index (χ4v) is 7.86. The summed E-state index contributed by atoms with van der Waals surface area (Å²) >= 11 is 0. The summed E-state index contributed by atoms with van der Waals surface area (Å²) in [7, 11) is 0. The molecule has 0 unspecified atom stereocenters. The molecule has 8 nitrogen and oxygen atoms in total. The summed E-state index contributed by atoms with van der Waals surface area (Å²) < 4.78 is 6.49. The van der Waals surface area contributed by atoms with Gasteiger partial charge in [0.05, 0.1) is 11.7 Å². The second-order valence-corrected chi connectivity index (χ2v) is 11.1. The van der Waals surface area contributed by atoms with Crippen LogP contribution in [-0.2, 0) is 14.3 Å². The Hall–Kier alpha value is -2.61. The Bertz CT molecular complexity index is 1070. The molecule has 4 bridgehead atoms. The third-order valence-electron chi connectivity index (χ3n) is 9.42. The Morgan fingerprint density at radius 1 is 1.24 bits per heavy atom. The summed E-state index contributed by atoms with van der Waals surface area (Å²) in [6.07, 6.45) is 3.88. The lowest BCUT2D eigenvalue weighted by Crippen LogP contribution is -2.61. The number of amides is 1. The number of phenolic OH excluding ortho intramolecular Hbond substituents is 1. The van der Waals surface area contributed by atoms with Gasteiger partial charge in [-0.05, 0) is 62.0 Å². The Morgan fingerprint density at radius 2 is 1.97 bits per heavy atom.